The van der Waals surface area contributed by atoms with Gasteiger partial charge in [0.25, 0.3) is 5.91 Å². The molecule has 1 aliphatic heterocycles. The molecule has 1 N–H and O–H groups in total. The van der Waals surface area contributed by atoms with Crippen LogP contribution in [0.25, 0.3) is 22.4 Å². The lowest BCUT2D eigenvalue weighted by Gasteiger charge is -2.24. The van der Waals surface area contributed by atoms with Gasteiger partial charge in [-0.05, 0) is 60.4 Å². The molecule has 0 radical (unpaired) electrons. The second-order valence-corrected chi connectivity index (χ2v) is 10.5. The van der Waals surface area contributed by atoms with Crippen LogP contribution in [0, 0.1) is 5.82 Å². The average molecular weight is 537 g/mol. The highest BCUT2D eigenvalue weighted by molar-refractivity contribution is 6.12. The smallest absolute Gasteiger partial charge is 0.330 e. The second-order valence-electron chi connectivity index (χ2n) is 10.5. The molecule has 0 saturated heterocycles. The van der Waals surface area contributed by atoms with Gasteiger partial charge in [0.15, 0.2) is 0 Å². The minimum Gasteiger partial charge on any atom is -0.459 e. The number of benzene rings is 3. The van der Waals surface area contributed by atoms with Gasteiger partial charge in [-0.25, -0.2) is 9.18 Å². The average Bonchev–Trinajstić information content (AvgIpc) is 3.28. The summed E-state index contributed by atoms with van der Waals surface area (Å²) < 4.78 is 21.8. The van der Waals surface area contributed by atoms with Crippen LogP contribution in [0.3, 0.4) is 0 Å². The van der Waals surface area contributed by atoms with Gasteiger partial charge in [0.2, 0.25) is 0 Å². The second kappa shape index (κ2) is 11.7. The summed E-state index contributed by atoms with van der Waals surface area (Å²) in [6, 6.07) is 25.6. The molecule has 0 bridgehead atoms. The Kier molecular flexibility index (Phi) is 7.96. The normalized spacial score (nSPS) is 15.1. The Morgan fingerprint density at radius 3 is 2.25 bits per heavy atom. The molecular formula is C34H33FN2O3. The molecule has 5 rings (SSSR count). The number of nitrogens with zero attached hydrogens (tertiary/aromatic N) is 1. The summed E-state index contributed by atoms with van der Waals surface area (Å²) in [5.74, 6) is -0.870. The number of anilines is 1. The minimum absolute atomic E-state index is 0.0104. The molecule has 0 unspecified atom stereocenters. The lowest BCUT2D eigenvalue weighted by molar-refractivity contribution is -0.144. The summed E-state index contributed by atoms with van der Waals surface area (Å²) in [6.45, 7) is 6.60. The number of carbonyl (C=O) groups excluding carboxylic acids is 2. The van der Waals surface area contributed by atoms with E-state index in [0.717, 1.165) is 33.7 Å². The van der Waals surface area contributed by atoms with E-state index in [1.54, 1.807) is 12.1 Å². The third-order valence-corrected chi connectivity index (χ3v) is 7.16. The topological polar surface area (TPSA) is 60.3 Å². The number of para-hydroxylation sites is 1. The van der Waals surface area contributed by atoms with E-state index in [-0.39, 0.29) is 29.7 Å². The quantitative estimate of drug-likeness (QED) is 0.232. The van der Waals surface area contributed by atoms with Gasteiger partial charge in [-0.1, -0.05) is 68.0 Å². The van der Waals surface area contributed by atoms with Crippen LogP contribution in [0.5, 0.6) is 0 Å². The van der Waals surface area contributed by atoms with E-state index >= 15 is 0 Å². The largest absolute Gasteiger partial charge is 0.459 e. The molecule has 5 nitrogen and oxygen atoms in total. The molecule has 0 spiro atoms. The van der Waals surface area contributed by atoms with Crippen LogP contribution in [-0.4, -0.2) is 22.5 Å². The Morgan fingerprint density at radius 2 is 1.62 bits per heavy atom. The highest BCUT2D eigenvalue weighted by Gasteiger charge is 2.31. The first-order valence-corrected chi connectivity index (χ1v) is 13.6. The fourth-order valence-corrected chi connectivity index (χ4v) is 5.50. The summed E-state index contributed by atoms with van der Waals surface area (Å²) in [7, 11) is 0. The number of nitrogens with one attached hydrogen (secondary N) is 1. The van der Waals surface area contributed by atoms with Crippen molar-refractivity contribution in [2.75, 3.05) is 5.32 Å². The fourth-order valence-electron chi connectivity index (χ4n) is 5.50. The van der Waals surface area contributed by atoms with Gasteiger partial charge in [0.05, 0.1) is 11.3 Å². The van der Waals surface area contributed by atoms with Gasteiger partial charge in [-0.2, -0.15) is 0 Å². The lowest BCUT2D eigenvalue weighted by atomic mass is 9.94. The van der Waals surface area contributed by atoms with Crippen molar-refractivity contribution in [3.05, 3.63) is 114 Å². The van der Waals surface area contributed by atoms with Crippen LogP contribution in [0.15, 0.2) is 96.6 Å². The van der Waals surface area contributed by atoms with Crippen molar-refractivity contribution in [1.82, 2.24) is 4.57 Å². The molecular weight excluding hydrogens is 503 g/mol. The number of halogens is 1. The maximum Gasteiger partial charge on any atom is 0.330 e. The minimum atomic E-state index is -0.328. The first-order valence-electron chi connectivity index (χ1n) is 13.6. The Hall–Kier alpha value is -4.45. The molecule has 1 aromatic heterocycles. The molecule has 40 heavy (non-hydrogen) atoms. The molecule has 2 heterocycles. The lowest BCUT2D eigenvalue weighted by Crippen LogP contribution is -2.24. The number of aromatic nitrogens is 1. The predicted molar refractivity (Wildman–Crippen MR) is 157 cm³/mol. The Balaban J connectivity index is 1.72. The van der Waals surface area contributed by atoms with E-state index in [0.29, 0.717) is 30.6 Å². The Labute approximate surface area is 234 Å². The summed E-state index contributed by atoms with van der Waals surface area (Å²) in [4.78, 5) is 26.2. The number of hydrogen-bond acceptors (Lipinski definition) is 3. The van der Waals surface area contributed by atoms with Crippen molar-refractivity contribution >= 4 is 17.6 Å². The van der Waals surface area contributed by atoms with Crippen LogP contribution in [0.1, 0.15) is 55.6 Å². The van der Waals surface area contributed by atoms with Crippen LogP contribution < -0.4 is 5.32 Å². The summed E-state index contributed by atoms with van der Waals surface area (Å²) >= 11 is 0. The van der Waals surface area contributed by atoms with Crippen molar-refractivity contribution < 1.29 is 18.7 Å². The van der Waals surface area contributed by atoms with Crippen LogP contribution in [0.4, 0.5) is 10.1 Å². The number of cyclic esters (lactones) is 1. The van der Waals surface area contributed by atoms with Gasteiger partial charge in [0.1, 0.15) is 11.9 Å². The Bertz CT molecular complexity index is 1540. The molecule has 4 aromatic rings. The molecule has 0 aliphatic carbocycles. The van der Waals surface area contributed by atoms with E-state index in [4.69, 9.17) is 4.74 Å². The van der Waals surface area contributed by atoms with Crippen LogP contribution in [0.2, 0.25) is 0 Å². The van der Waals surface area contributed by atoms with E-state index < -0.39 is 0 Å². The number of rotatable bonds is 8. The van der Waals surface area contributed by atoms with Crippen molar-refractivity contribution in [1.29, 1.82) is 0 Å². The first kappa shape index (κ1) is 27.1. The van der Waals surface area contributed by atoms with Gasteiger partial charge < -0.3 is 14.6 Å². The van der Waals surface area contributed by atoms with Gasteiger partial charge >= 0.3 is 5.97 Å². The third-order valence-electron chi connectivity index (χ3n) is 7.16. The zero-order chi connectivity index (χ0) is 28.2. The van der Waals surface area contributed by atoms with Crippen LogP contribution in [-0.2, 0) is 16.1 Å². The molecule has 1 atom stereocenters. The molecule has 0 fully saturated rings. The first-order chi connectivity index (χ1) is 19.3. The van der Waals surface area contributed by atoms with Crippen molar-refractivity contribution in [2.24, 2.45) is 0 Å². The SMILES string of the molecule is CC1=CC(=O)O[C@H](CCn2c(-c3ccc(F)cc3)c(-c3ccccc3)c(C(=O)Nc3ccccc3)c2C(C)C)C1. The molecule has 204 valence electrons. The third kappa shape index (κ3) is 5.76. The van der Waals surface area contributed by atoms with Crippen molar-refractivity contribution in [3.63, 3.8) is 0 Å². The van der Waals surface area contributed by atoms with Crippen molar-refractivity contribution in [2.45, 2.75) is 52.2 Å². The number of esters is 1. The van der Waals surface area contributed by atoms with E-state index in [9.17, 15) is 14.0 Å². The maximum absolute atomic E-state index is 14.1. The van der Waals surface area contributed by atoms with Gasteiger partial charge in [-0.15, -0.1) is 0 Å². The Morgan fingerprint density at radius 1 is 0.975 bits per heavy atom. The highest BCUT2D eigenvalue weighted by Crippen LogP contribution is 2.42. The zero-order valence-corrected chi connectivity index (χ0v) is 23.0. The zero-order valence-electron chi connectivity index (χ0n) is 23.0. The summed E-state index contributed by atoms with van der Waals surface area (Å²) in [6.07, 6.45) is 2.52. The summed E-state index contributed by atoms with van der Waals surface area (Å²) in [5, 5.41) is 3.09. The molecule has 1 aliphatic rings. The number of carbonyl (C=O) groups is 2. The van der Waals surface area contributed by atoms with Gasteiger partial charge in [0, 0.05) is 42.4 Å². The standard InChI is InChI=1S/C34H33FN2O3/c1-22(2)32-31(34(39)36-27-12-8-5-9-13-27)30(24-10-6-4-7-11-24)33(25-14-16-26(35)17-15-25)37(32)19-18-28-20-23(3)21-29(38)40-28/h4-17,21-22,28H,18-20H2,1-3H3,(H,36,39)/t28-/m1/s1. The fraction of sp³-hybridized carbons (Fsp3) is 0.235. The van der Waals surface area contributed by atoms with E-state index in [2.05, 4.69) is 23.7 Å². The number of ether oxygens (including phenoxy) is 1. The summed E-state index contributed by atoms with van der Waals surface area (Å²) in [5.41, 5.74) is 6.48. The molecule has 3 aromatic carbocycles. The monoisotopic (exact) mass is 536 g/mol. The van der Waals surface area contributed by atoms with Gasteiger partial charge in [-0.3, -0.25) is 4.79 Å². The molecule has 1 amide bonds. The number of amides is 1. The van der Waals surface area contributed by atoms with E-state index in [1.807, 2.05) is 67.6 Å². The molecule has 6 heteroatoms. The predicted octanol–water partition coefficient (Wildman–Crippen LogP) is 7.99. The highest BCUT2D eigenvalue weighted by atomic mass is 19.1. The van der Waals surface area contributed by atoms with Crippen LogP contribution >= 0.6 is 0 Å². The van der Waals surface area contributed by atoms with E-state index in [1.165, 1.54) is 18.2 Å². The van der Waals surface area contributed by atoms with Crippen molar-refractivity contribution in [3.8, 4) is 22.4 Å². The maximum atomic E-state index is 14.1. The number of hydrogen-bond donors (Lipinski definition) is 1. The molecule has 0 saturated carbocycles.